The van der Waals surface area contributed by atoms with Crippen molar-refractivity contribution in [3.8, 4) is 0 Å². The van der Waals surface area contributed by atoms with Crippen molar-refractivity contribution < 1.29 is 9.59 Å². The van der Waals surface area contributed by atoms with Crippen LogP contribution < -0.4 is 5.32 Å². The molecular formula is C23H24N4O2. The van der Waals surface area contributed by atoms with Crippen molar-refractivity contribution in [3.63, 3.8) is 0 Å². The molecule has 6 heteroatoms. The standard InChI is InChI=1S/C23H24N4O2/c1-16-7-8-19(15-17(16)2)25-22(28)20-5-4-6-21(26-20)23(29)27(3)14-11-18-9-12-24-13-10-18/h4-10,12-13,15H,11,14H2,1-3H3,(H,25,28). The number of amides is 2. The van der Waals surface area contributed by atoms with Crippen molar-refractivity contribution in [2.24, 2.45) is 0 Å². The highest BCUT2D eigenvalue weighted by molar-refractivity contribution is 6.03. The number of hydrogen-bond acceptors (Lipinski definition) is 4. The zero-order valence-corrected chi connectivity index (χ0v) is 16.8. The van der Waals surface area contributed by atoms with Crippen molar-refractivity contribution in [1.29, 1.82) is 0 Å². The number of nitrogens with one attached hydrogen (secondary N) is 1. The second-order valence-electron chi connectivity index (χ2n) is 6.99. The van der Waals surface area contributed by atoms with Gasteiger partial charge in [-0.15, -0.1) is 0 Å². The maximum Gasteiger partial charge on any atom is 0.274 e. The third-order valence-electron chi connectivity index (χ3n) is 4.80. The molecule has 2 aromatic heterocycles. The number of benzene rings is 1. The fraction of sp³-hybridized carbons (Fsp3) is 0.217. The summed E-state index contributed by atoms with van der Waals surface area (Å²) in [6.45, 7) is 4.55. The molecule has 0 bridgehead atoms. The molecule has 1 N–H and O–H groups in total. The van der Waals surface area contributed by atoms with Crippen LogP contribution in [0, 0.1) is 13.8 Å². The van der Waals surface area contributed by atoms with Gasteiger partial charge in [-0.25, -0.2) is 4.98 Å². The Morgan fingerprint density at radius 2 is 1.69 bits per heavy atom. The van der Waals surface area contributed by atoms with Gasteiger partial charge in [0.25, 0.3) is 11.8 Å². The molecule has 0 aliphatic carbocycles. The van der Waals surface area contributed by atoms with Crippen LogP contribution in [0.25, 0.3) is 0 Å². The molecule has 29 heavy (non-hydrogen) atoms. The van der Waals surface area contributed by atoms with Crippen LogP contribution in [-0.4, -0.2) is 40.3 Å². The van der Waals surface area contributed by atoms with Gasteiger partial charge in [0.2, 0.25) is 0 Å². The lowest BCUT2D eigenvalue weighted by Crippen LogP contribution is -2.30. The van der Waals surface area contributed by atoms with Gasteiger partial charge in [-0.1, -0.05) is 12.1 Å². The minimum atomic E-state index is -0.345. The highest BCUT2D eigenvalue weighted by Gasteiger charge is 2.16. The largest absolute Gasteiger partial charge is 0.340 e. The van der Waals surface area contributed by atoms with Gasteiger partial charge >= 0.3 is 0 Å². The molecule has 0 unspecified atom stereocenters. The predicted molar refractivity (Wildman–Crippen MR) is 113 cm³/mol. The molecule has 6 nitrogen and oxygen atoms in total. The van der Waals surface area contributed by atoms with Gasteiger partial charge in [-0.3, -0.25) is 14.6 Å². The zero-order chi connectivity index (χ0) is 20.8. The summed E-state index contributed by atoms with van der Waals surface area (Å²) in [4.78, 5) is 35.1. The molecule has 0 saturated carbocycles. The van der Waals surface area contributed by atoms with Gasteiger partial charge in [0.15, 0.2) is 0 Å². The first-order valence-electron chi connectivity index (χ1n) is 9.44. The van der Waals surface area contributed by atoms with Gasteiger partial charge in [0.05, 0.1) is 0 Å². The molecule has 2 heterocycles. The van der Waals surface area contributed by atoms with Crippen LogP contribution in [0.1, 0.15) is 37.7 Å². The van der Waals surface area contributed by atoms with E-state index in [9.17, 15) is 9.59 Å². The van der Waals surface area contributed by atoms with Gasteiger partial charge in [-0.2, -0.15) is 0 Å². The molecule has 2 amide bonds. The summed E-state index contributed by atoms with van der Waals surface area (Å²) in [6.07, 6.45) is 4.18. The summed E-state index contributed by atoms with van der Waals surface area (Å²) in [5.74, 6) is -0.567. The van der Waals surface area contributed by atoms with Gasteiger partial charge < -0.3 is 10.2 Å². The molecule has 1 aromatic carbocycles. The summed E-state index contributed by atoms with van der Waals surface area (Å²) in [5, 5.41) is 2.84. The Kier molecular flexibility index (Phi) is 6.34. The van der Waals surface area contributed by atoms with E-state index in [1.807, 2.05) is 44.2 Å². The average Bonchev–Trinajstić information content (AvgIpc) is 2.75. The van der Waals surface area contributed by atoms with E-state index < -0.39 is 0 Å². The second-order valence-corrected chi connectivity index (χ2v) is 6.99. The first kappa shape index (κ1) is 20.2. The van der Waals surface area contributed by atoms with Crippen LogP contribution in [0.2, 0.25) is 0 Å². The summed E-state index contributed by atoms with van der Waals surface area (Å²) >= 11 is 0. The SMILES string of the molecule is Cc1ccc(NC(=O)c2cccc(C(=O)N(C)CCc3ccncc3)n2)cc1C. The number of rotatable bonds is 6. The van der Waals surface area contributed by atoms with E-state index in [2.05, 4.69) is 15.3 Å². The lowest BCUT2D eigenvalue weighted by atomic mass is 10.1. The molecular weight excluding hydrogens is 364 g/mol. The van der Waals surface area contributed by atoms with Crippen LogP contribution in [0.4, 0.5) is 5.69 Å². The number of likely N-dealkylation sites (N-methyl/N-ethyl adjacent to an activating group) is 1. The minimum absolute atomic E-state index is 0.205. The second kappa shape index (κ2) is 9.10. The smallest absolute Gasteiger partial charge is 0.274 e. The van der Waals surface area contributed by atoms with Crippen molar-refractivity contribution in [2.45, 2.75) is 20.3 Å². The Labute approximate surface area is 170 Å². The third kappa shape index (κ3) is 5.25. The van der Waals surface area contributed by atoms with Gasteiger partial charge in [0.1, 0.15) is 11.4 Å². The van der Waals surface area contributed by atoms with Crippen LogP contribution in [-0.2, 0) is 6.42 Å². The van der Waals surface area contributed by atoms with Crippen LogP contribution in [0.5, 0.6) is 0 Å². The number of hydrogen-bond donors (Lipinski definition) is 1. The van der Waals surface area contributed by atoms with Gasteiger partial charge in [0, 0.05) is 31.7 Å². The van der Waals surface area contributed by atoms with Crippen LogP contribution in [0.15, 0.2) is 60.9 Å². The van der Waals surface area contributed by atoms with E-state index in [-0.39, 0.29) is 23.2 Å². The fourth-order valence-corrected chi connectivity index (χ4v) is 2.84. The molecule has 148 valence electrons. The Bertz CT molecular complexity index is 1020. The van der Waals surface area contributed by atoms with E-state index in [1.54, 1.807) is 42.5 Å². The molecule has 0 spiro atoms. The average molecular weight is 388 g/mol. The van der Waals surface area contributed by atoms with Crippen molar-refractivity contribution >= 4 is 17.5 Å². The number of carbonyl (C=O) groups excluding carboxylic acids is 2. The summed E-state index contributed by atoms with van der Waals surface area (Å²) < 4.78 is 0. The summed E-state index contributed by atoms with van der Waals surface area (Å²) in [5.41, 5.74) is 4.51. The number of aromatic nitrogens is 2. The molecule has 0 radical (unpaired) electrons. The lowest BCUT2D eigenvalue weighted by Gasteiger charge is -2.17. The highest BCUT2D eigenvalue weighted by atomic mass is 16.2. The Morgan fingerprint density at radius 1 is 0.966 bits per heavy atom. The molecule has 3 rings (SSSR count). The number of anilines is 1. The molecule has 0 saturated heterocycles. The van der Waals surface area contributed by atoms with E-state index in [1.165, 1.54) is 0 Å². The lowest BCUT2D eigenvalue weighted by molar-refractivity contribution is 0.0790. The fourth-order valence-electron chi connectivity index (χ4n) is 2.84. The van der Waals surface area contributed by atoms with Crippen LogP contribution in [0.3, 0.4) is 0 Å². The number of aryl methyl sites for hydroxylation is 2. The first-order valence-corrected chi connectivity index (χ1v) is 9.44. The van der Waals surface area contributed by atoms with E-state index >= 15 is 0 Å². The topological polar surface area (TPSA) is 75.2 Å². The monoisotopic (exact) mass is 388 g/mol. The highest BCUT2D eigenvalue weighted by Crippen LogP contribution is 2.15. The van der Waals surface area contributed by atoms with Crippen molar-refractivity contribution in [2.75, 3.05) is 18.9 Å². The van der Waals surface area contributed by atoms with Crippen molar-refractivity contribution in [3.05, 3.63) is 89.0 Å². The molecule has 0 atom stereocenters. The van der Waals surface area contributed by atoms with E-state index in [0.717, 1.165) is 23.1 Å². The number of carbonyl (C=O) groups is 2. The number of pyridine rings is 2. The first-order chi connectivity index (χ1) is 13.9. The maximum absolute atomic E-state index is 12.7. The van der Waals surface area contributed by atoms with E-state index in [4.69, 9.17) is 0 Å². The Balaban J connectivity index is 1.66. The molecule has 0 fully saturated rings. The Morgan fingerprint density at radius 3 is 2.41 bits per heavy atom. The predicted octanol–water partition coefficient (Wildman–Crippen LogP) is 3.66. The summed E-state index contributed by atoms with van der Waals surface area (Å²) in [6, 6.07) is 14.5. The molecule has 0 aliphatic rings. The van der Waals surface area contributed by atoms with E-state index in [0.29, 0.717) is 12.2 Å². The molecule has 0 aliphatic heterocycles. The normalized spacial score (nSPS) is 10.4. The Hall–Kier alpha value is -3.54. The number of nitrogens with zero attached hydrogens (tertiary/aromatic N) is 3. The molecule has 3 aromatic rings. The quantitative estimate of drug-likeness (QED) is 0.699. The zero-order valence-electron chi connectivity index (χ0n) is 16.8. The van der Waals surface area contributed by atoms with Gasteiger partial charge in [-0.05, 0) is 73.4 Å². The minimum Gasteiger partial charge on any atom is -0.340 e. The summed E-state index contributed by atoms with van der Waals surface area (Å²) in [7, 11) is 1.73. The van der Waals surface area contributed by atoms with Crippen molar-refractivity contribution in [1.82, 2.24) is 14.9 Å². The van der Waals surface area contributed by atoms with Crippen LogP contribution >= 0.6 is 0 Å². The third-order valence-corrected chi connectivity index (χ3v) is 4.80. The maximum atomic E-state index is 12.7.